The Morgan fingerprint density at radius 3 is 2.53 bits per heavy atom. The minimum atomic E-state index is -0.851. The van der Waals surface area contributed by atoms with Crippen LogP contribution in [0.3, 0.4) is 0 Å². The van der Waals surface area contributed by atoms with Crippen LogP contribution in [-0.4, -0.2) is 41.8 Å². The monoisotopic (exact) mass is 269 g/mol. The van der Waals surface area contributed by atoms with Crippen LogP contribution in [0.25, 0.3) is 0 Å². The standard InChI is InChI=1S/C14H23NO4/c1-5-6-19-13(18)15-8-10(12(16)17)7-11(9-15)14(2,3)4/h5,10-11H,1,6-9H2,2-4H3,(H,16,17)/t10-,11+/m0/s1. The van der Waals surface area contributed by atoms with Crippen LogP contribution in [0, 0.1) is 17.3 Å². The summed E-state index contributed by atoms with van der Waals surface area (Å²) in [7, 11) is 0. The van der Waals surface area contributed by atoms with Crippen molar-refractivity contribution >= 4 is 12.1 Å². The molecule has 0 aromatic carbocycles. The van der Waals surface area contributed by atoms with E-state index in [-0.39, 0.29) is 24.5 Å². The highest BCUT2D eigenvalue weighted by Gasteiger charge is 2.39. The molecule has 0 unspecified atom stereocenters. The third-order valence-electron chi connectivity index (χ3n) is 3.61. The third-order valence-corrected chi connectivity index (χ3v) is 3.61. The molecule has 0 bridgehead atoms. The number of carbonyl (C=O) groups excluding carboxylic acids is 1. The van der Waals surface area contributed by atoms with Crippen LogP contribution in [0.2, 0.25) is 0 Å². The molecule has 1 amide bonds. The second-order valence-electron chi connectivity index (χ2n) is 6.10. The van der Waals surface area contributed by atoms with E-state index in [1.807, 2.05) is 0 Å². The molecule has 1 heterocycles. The van der Waals surface area contributed by atoms with Gasteiger partial charge >= 0.3 is 12.1 Å². The van der Waals surface area contributed by atoms with Crippen molar-refractivity contribution in [2.75, 3.05) is 19.7 Å². The van der Waals surface area contributed by atoms with E-state index < -0.39 is 18.0 Å². The Hall–Kier alpha value is -1.52. The molecule has 1 rings (SSSR count). The summed E-state index contributed by atoms with van der Waals surface area (Å²) in [5.74, 6) is -1.22. The lowest BCUT2D eigenvalue weighted by Crippen LogP contribution is -2.49. The molecule has 0 spiro atoms. The Labute approximate surface area is 114 Å². The average Bonchev–Trinajstić information content (AvgIpc) is 2.34. The van der Waals surface area contributed by atoms with E-state index in [2.05, 4.69) is 27.4 Å². The highest BCUT2D eigenvalue weighted by Crippen LogP contribution is 2.35. The van der Waals surface area contributed by atoms with Gasteiger partial charge in [-0.3, -0.25) is 4.79 Å². The minimum Gasteiger partial charge on any atom is -0.481 e. The first-order chi connectivity index (χ1) is 8.75. The van der Waals surface area contributed by atoms with Crippen LogP contribution in [0.1, 0.15) is 27.2 Å². The van der Waals surface area contributed by atoms with Crippen LogP contribution in [0.5, 0.6) is 0 Å². The van der Waals surface area contributed by atoms with Gasteiger partial charge in [0, 0.05) is 13.1 Å². The van der Waals surface area contributed by atoms with Gasteiger partial charge in [0.2, 0.25) is 0 Å². The minimum absolute atomic E-state index is 0.0366. The summed E-state index contributed by atoms with van der Waals surface area (Å²) in [6, 6.07) is 0. The zero-order valence-corrected chi connectivity index (χ0v) is 11.9. The van der Waals surface area contributed by atoms with Gasteiger partial charge in [0.1, 0.15) is 6.61 Å². The van der Waals surface area contributed by atoms with E-state index in [0.717, 1.165) is 0 Å². The smallest absolute Gasteiger partial charge is 0.410 e. The average molecular weight is 269 g/mol. The van der Waals surface area contributed by atoms with E-state index in [9.17, 15) is 14.7 Å². The molecule has 0 aliphatic carbocycles. The largest absolute Gasteiger partial charge is 0.481 e. The number of carboxylic acid groups (broad SMARTS) is 1. The number of likely N-dealkylation sites (tertiary alicyclic amines) is 1. The molecule has 1 fully saturated rings. The van der Waals surface area contributed by atoms with Gasteiger partial charge in [0.15, 0.2) is 0 Å². The molecule has 1 saturated heterocycles. The first-order valence-electron chi connectivity index (χ1n) is 6.51. The molecule has 0 radical (unpaired) electrons. The lowest BCUT2D eigenvalue weighted by atomic mass is 9.73. The van der Waals surface area contributed by atoms with Crippen molar-refractivity contribution in [3.63, 3.8) is 0 Å². The van der Waals surface area contributed by atoms with Crippen LogP contribution < -0.4 is 0 Å². The van der Waals surface area contributed by atoms with Crippen molar-refractivity contribution in [2.45, 2.75) is 27.2 Å². The van der Waals surface area contributed by atoms with Crippen LogP contribution in [-0.2, 0) is 9.53 Å². The van der Waals surface area contributed by atoms with Crippen molar-refractivity contribution < 1.29 is 19.4 Å². The molecule has 5 heteroatoms. The zero-order chi connectivity index (χ0) is 14.6. The number of ether oxygens (including phenoxy) is 1. The number of rotatable bonds is 3. The van der Waals surface area contributed by atoms with E-state index in [1.54, 1.807) is 0 Å². The van der Waals surface area contributed by atoms with E-state index in [0.29, 0.717) is 13.0 Å². The second kappa shape index (κ2) is 6.08. The van der Waals surface area contributed by atoms with Crippen molar-refractivity contribution in [1.82, 2.24) is 4.90 Å². The maximum atomic E-state index is 11.9. The molecule has 0 aromatic heterocycles. The lowest BCUT2D eigenvalue weighted by Gasteiger charge is -2.41. The van der Waals surface area contributed by atoms with Gasteiger partial charge in [0.25, 0.3) is 0 Å². The van der Waals surface area contributed by atoms with Gasteiger partial charge in [0.05, 0.1) is 5.92 Å². The molecular weight excluding hydrogens is 246 g/mol. The predicted octanol–water partition coefficient (Wildman–Crippen LogP) is 2.38. The van der Waals surface area contributed by atoms with Crippen molar-refractivity contribution in [2.24, 2.45) is 17.3 Å². The molecule has 1 N–H and O–H groups in total. The zero-order valence-electron chi connectivity index (χ0n) is 11.9. The number of hydrogen-bond acceptors (Lipinski definition) is 3. The highest BCUT2D eigenvalue weighted by molar-refractivity contribution is 5.73. The number of carboxylic acids is 1. The van der Waals surface area contributed by atoms with Gasteiger partial charge in [-0.05, 0) is 17.8 Å². The lowest BCUT2D eigenvalue weighted by molar-refractivity contribution is -0.144. The van der Waals surface area contributed by atoms with Crippen LogP contribution in [0.15, 0.2) is 12.7 Å². The SMILES string of the molecule is C=CCOC(=O)N1C[C@@H](C(=O)O)C[C@@H](C(C)(C)C)C1. The second-order valence-corrected chi connectivity index (χ2v) is 6.10. The fourth-order valence-electron chi connectivity index (χ4n) is 2.28. The molecule has 0 saturated carbocycles. The van der Waals surface area contributed by atoms with Gasteiger partial charge in [-0.2, -0.15) is 0 Å². The molecule has 2 atom stereocenters. The van der Waals surface area contributed by atoms with Gasteiger partial charge in [-0.15, -0.1) is 0 Å². The molecule has 1 aliphatic heterocycles. The first kappa shape index (κ1) is 15.5. The van der Waals surface area contributed by atoms with Crippen molar-refractivity contribution in [3.8, 4) is 0 Å². The normalized spacial score (nSPS) is 23.8. The molecule has 19 heavy (non-hydrogen) atoms. The summed E-state index contributed by atoms with van der Waals surface area (Å²) in [6.45, 7) is 10.6. The summed E-state index contributed by atoms with van der Waals surface area (Å²) in [4.78, 5) is 24.6. The Balaban J connectivity index is 2.78. The van der Waals surface area contributed by atoms with Crippen molar-refractivity contribution in [1.29, 1.82) is 0 Å². The molecular formula is C14H23NO4. The van der Waals surface area contributed by atoms with E-state index in [4.69, 9.17) is 4.74 Å². The Bertz CT molecular complexity index is 359. The van der Waals surface area contributed by atoms with E-state index in [1.165, 1.54) is 11.0 Å². The molecule has 5 nitrogen and oxygen atoms in total. The summed E-state index contributed by atoms with van der Waals surface area (Å²) >= 11 is 0. The quantitative estimate of drug-likeness (QED) is 0.799. The molecule has 1 aliphatic rings. The fourth-order valence-corrected chi connectivity index (χ4v) is 2.28. The number of piperidine rings is 1. The predicted molar refractivity (Wildman–Crippen MR) is 71.8 cm³/mol. The number of hydrogen-bond donors (Lipinski definition) is 1. The van der Waals surface area contributed by atoms with Crippen LogP contribution >= 0.6 is 0 Å². The maximum absolute atomic E-state index is 11.9. The summed E-state index contributed by atoms with van der Waals surface area (Å²) in [6.07, 6.45) is 1.64. The van der Waals surface area contributed by atoms with Gasteiger partial charge in [-0.1, -0.05) is 33.4 Å². The Morgan fingerprint density at radius 2 is 2.05 bits per heavy atom. The highest BCUT2D eigenvalue weighted by atomic mass is 16.6. The first-order valence-corrected chi connectivity index (χ1v) is 6.51. The van der Waals surface area contributed by atoms with Crippen molar-refractivity contribution in [3.05, 3.63) is 12.7 Å². The molecule has 108 valence electrons. The van der Waals surface area contributed by atoms with E-state index >= 15 is 0 Å². The van der Waals surface area contributed by atoms with Crippen LogP contribution in [0.4, 0.5) is 4.79 Å². The van der Waals surface area contributed by atoms with Gasteiger partial charge in [-0.25, -0.2) is 4.79 Å². The third kappa shape index (κ3) is 4.26. The Kier molecular flexibility index (Phi) is 4.97. The topological polar surface area (TPSA) is 66.8 Å². The Morgan fingerprint density at radius 1 is 1.42 bits per heavy atom. The summed E-state index contributed by atoms with van der Waals surface area (Å²) in [5, 5.41) is 9.20. The fraction of sp³-hybridized carbons (Fsp3) is 0.714. The van der Waals surface area contributed by atoms with Gasteiger partial charge < -0.3 is 14.7 Å². The number of carbonyl (C=O) groups is 2. The summed E-state index contributed by atoms with van der Waals surface area (Å²) < 4.78 is 5.00. The number of nitrogens with zero attached hydrogens (tertiary/aromatic N) is 1. The maximum Gasteiger partial charge on any atom is 0.410 e. The summed E-state index contributed by atoms with van der Waals surface area (Å²) in [5.41, 5.74) is -0.0366. The number of aliphatic carboxylic acids is 1. The number of amides is 1. The molecule has 0 aromatic rings.